The number of amides is 3. The SMILES string of the molecule is O=C(CCC1CCC(N2CCc3ccccc3NC2=O)CC1)CNC(=O)OCc1ccccc1. The summed E-state index contributed by atoms with van der Waals surface area (Å²) in [7, 11) is 0. The van der Waals surface area contributed by atoms with Crippen molar-refractivity contribution >= 4 is 23.6 Å². The van der Waals surface area contributed by atoms with Crippen LogP contribution in [-0.4, -0.2) is 41.9 Å². The largest absolute Gasteiger partial charge is 0.445 e. The van der Waals surface area contributed by atoms with Gasteiger partial charge in [0.05, 0.1) is 6.54 Å². The molecular weight excluding hydrogens is 430 g/mol. The standard InChI is InChI=1S/C27H33N3O4/c31-24(18-28-27(33)34-19-21-6-2-1-3-7-21)15-12-20-10-13-23(14-11-20)30-17-16-22-8-4-5-9-25(22)29-26(30)32/h1-9,20,23H,10-19H2,(H,28,33)(H,29,32). The second-order valence-electron chi connectivity index (χ2n) is 9.20. The van der Waals surface area contributed by atoms with Gasteiger partial charge in [0.1, 0.15) is 6.61 Å². The summed E-state index contributed by atoms with van der Waals surface area (Å²) in [6.07, 6.45) is 5.53. The van der Waals surface area contributed by atoms with Crippen LogP contribution in [0.4, 0.5) is 15.3 Å². The molecule has 7 nitrogen and oxygen atoms in total. The van der Waals surface area contributed by atoms with Crippen LogP contribution < -0.4 is 10.6 Å². The number of alkyl carbamates (subject to hydrolysis) is 1. The van der Waals surface area contributed by atoms with Gasteiger partial charge in [-0.25, -0.2) is 9.59 Å². The molecule has 0 atom stereocenters. The fourth-order valence-electron chi connectivity index (χ4n) is 4.88. The van der Waals surface area contributed by atoms with E-state index in [4.69, 9.17) is 4.74 Å². The molecule has 180 valence electrons. The zero-order chi connectivity index (χ0) is 23.8. The molecule has 2 aliphatic rings. The summed E-state index contributed by atoms with van der Waals surface area (Å²) in [6.45, 7) is 0.922. The quantitative estimate of drug-likeness (QED) is 0.582. The smallest absolute Gasteiger partial charge is 0.407 e. The van der Waals surface area contributed by atoms with Crippen molar-refractivity contribution in [3.8, 4) is 0 Å². The average Bonchev–Trinajstić information content (AvgIpc) is 3.04. The minimum atomic E-state index is -0.574. The minimum Gasteiger partial charge on any atom is -0.445 e. The van der Waals surface area contributed by atoms with Crippen molar-refractivity contribution in [2.75, 3.05) is 18.4 Å². The Morgan fingerprint density at radius 1 is 1.00 bits per heavy atom. The monoisotopic (exact) mass is 463 g/mol. The van der Waals surface area contributed by atoms with E-state index in [0.29, 0.717) is 12.3 Å². The summed E-state index contributed by atoms with van der Waals surface area (Å²) < 4.78 is 5.14. The molecular formula is C27H33N3O4. The zero-order valence-corrected chi connectivity index (χ0v) is 19.5. The van der Waals surface area contributed by atoms with Crippen molar-refractivity contribution in [1.29, 1.82) is 0 Å². The third kappa shape index (κ3) is 6.59. The first-order valence-corrected chi connectivity index (χ1v) is 12.2. The number of carbonyl (C=O) groups is 3. The Morgan fingerprint density at radius 3 is 2.53 bits per heavy atom. The molecule has 34 heavy (non-hydrogen) atoms. The summed E-state index contributed by atoms with van der Waals surface area (Å²) in [6, 6.07) is 17.7. The molecule has 3 amide bonds. The van der Waals surface area contributed by atoms with Crippen LogP contribution in [0.3, 0.4) is 0 Å². The number of carbonyl (C=O) groups excluding carboxylic acids is 3. The summed E-state index contributed by atoms with van der Waals surface area (Å²) in [4.78, 5) is 38.8. The molecule has 2 N–H and O–H groups in total. The van der Waals surface area contributed by atoms with Crippen molar-refractivity contribution in [3.63, 3.8) is 0 Å². The van der Waals surface area contributed by atoms with Gasteiger partial charge in [-0.2, -0.15) is 0 Å². The van der Waals surface area contributed by atoms with Crippen LogP contribution >= 0.6 is 0 Å². The second kappa shape index (κ2) is 11.7. The van der Waals surface area contributed by atoms with E-state index in [9.17, 15) is 14.4 Å². The van der Waals surface area contributed by atoms with Crippen LogP contribution in [-0.2, 0) is 22.6 Å². The van der Waals surface area contributed by atoms with Crippen LogP contribution in [0.25, 0.3) is 0 Å². The van der Waals surface area contributed by atoms with E-state index in [2.05, 4.69) is 16.7 Å². The highest BCUT2D eigenvalue weighted by molar-refractivity contribution is 5.91. The predicted octanol–water partition coefficient (Wildman–Crippen LogP) is 4.91. The van der Waals surface area contributed by atoms with Gasteiger partial charge in [-0.05, 0) is 61.6 Å². The lowest BCUT2D eigenvalue weighted by atomic mass is 9.82. The molecule has 1 aliphatic carbocycles. The maximum Gasteiger partial charge on any atom is 0.407 e. The molecule has 7 heteroatoms. The highest BCUT2D eigenvalue weighted by Crippen LogP contribution is 2.32. The van der Waals surface area contributed by atoms with Crippen LogP contribution in [0, 0.1) is 5.92 Å². The Labute approximate surface area is 200 Å². The number of para-hydroxylation sites is 1. The molecule has 1 aliphatic heterocycles. The predicted molar refractivity (Wildman–Crippen MR) is 130 cm³/mol. The lowest BCUT2D eigenvalue weighted by Gasteiger charge is -2.36. The van der Waals surface area contributed by atoms with Crippen LogP contribution in [0.2, 0.25) is 0 Å². The van der Waals surface area contributed by atoms with Crippen LogP contribution in [0.1, 0.15) is 49.7 Å². The summed E-state index contributed by atoms with van der Waals surface area (Å²) in [5, 5.41) is 5.61. The molecule has 0 spiro atoms. The Bertz CT molecular complexity index is 986. The van der Waals surface area contributed by atoms with E-state index in [1.807, 2.05) is 53.4 Å². The number of benzene rings is 2. The average molecular weight is 464 g/mol. The van der Waals surface area contributed by atoms with Crippen molar-refractivity contribution < 1.29 is 19.1 Å². The van der Waals surface area contributed by atoms with E-state index in [-0.39, 0.29) is 31.0 Å². The first-order valence-electron chi connectivity index (χ1n) is 12.2. The maximum absolute atomic E-state index is 12.8. The lowest BCUT2D eigenvalue weighted by Crippen LogP contribution is -2.44. The van der Waals surface area contributed by atoms with Gasteiger partial charge in [0.25, 0.3) is 0 Å². The number of urea groups is 1. The van der Waals surface area contributed by atoms with Gasteiger partial charge in [0.2, 0.25) is 0 Å². The van der Waals surface area contributed by atoms with E-state index >= 15 is 0 Å². The number of nitrogens with one attached hydrogen (secondary N) is 2. The third-order valence-corrected chi connectivity index (χ3v) is 6.87. The highest BCUT2D eigenvalue weighted by atomic mass is 16.5. The van der Waals surface area contributed by atoms with Crippen LogP contribution in [0.15, 0.2) is 54.6 Å². The number of Topliss-reactive ketones (excluding diaryl/α,β-unsaturated/α-hetero) is 1. The number of rotatable bonds is 8. The van der Waals surface area contributed by atoms with E-state index in [0.717, 1.165) is 56.3 Å². The number of ether oxygens (including phenoxy) is 1. The molecule has 0 unspecified atom stereocenters. The highest BCUT2D eigenvalue weighted by Gasteiger charge is 2.30. The zero-order valence-electron chi connectivity index (χ0n) is 19.5. The Kier molecular flexibility index (Phi) is 8.17. The van der Waals surface area contributed by atoms with Crippen molar-refractivity contribution in [2.45, 2.75) is 57.6 Å². The summed E-state index contributed by atoms with van der Waals surface area (Å²) >= 11 is 0. The van der Waals surface area contributed by atoms with E-state index in [1.165, 1.54) is 5.56 Å². The van der Waals surface area contributed by atoms with Gasteiger partial charge in [-0.3, -0.25) is 4.79 Å². The number of anilines is 1. The normalized spacial score (nSPS) is 20.0. The third-order valence-electron chi connectivity index (χ3n) is 6.87. The van der Waals surface area contributed by atoms with Crippen LogP contribution in [0.5, 0.6) is 0 Å². The lowest BCUT2D eigenvalue weighted by molar-refractivity contribution is -0.118. The van der Waals surface area contributed by atoms with Gasteiger partial charge in [-0.15, -0.1) is 0 Å². The number of nitrogens with zero attached hydrogens (tertiary/aromatic N) is 1. The van der Waals surface area contributed by atoms with E-state index < -0.39 is 6.09 Å². The molecule has 1 heterocycles. The number of hydrogen-bond acceptors (Lipinski definition) is 4. The molecule has 0 saturated heterocycles. The number of hydrogen-bond donors (Lipinski definition) is 2. The summed E-state index contributed by atoms with van der Waals surface area (Å²) in [5.41, 5.74) is 3.00. The Morgan fingerprint density at radius 2 is 1.74 bits per heavy atom. The Balaban J connectivity index is 1.12. The molecule has 0 bridgehead atoms. The molecule has 2 aromatic rings. The van der Waals surface area contributed by atoms with Gasteiger partial charge < -0.3 is 20.3 Å². The molecule has 1 fully saturated rings. The first-order chi connectivity index (χ1) is 16.6. The molecule has 0 aromatic heterocycles. The van der Waals surface area contributed by atoms with Gasteiger partial charge in [-0.1, -0.05) is 48.5 Å². The molecule has 1 saturated carbocycles. The van der Waals surface area contributed by atoms with E-state index in [1.54, 1.807) is 0 Å². The van der Waals surface area contributed by atoms with Crippen molar-refractivity contribution in [2.24, 2.45) is 5.92 Å². The van der Waals surface area contributed by atoms with Gasteiger partial charge in [0, 0.05) is 24.7 Å². The molecule has 2 aromatic carbocycles. The summed E-state index contributed by atoms with van der Waals surface area (Å²) in [5.74, 6) is 0.501. The minimum absolute atomic E-state index is 0.00250. The maximum atomic E-state index is 12.8. The van der Waals surface area contributed by atoms with Gasteiger partial charge >= 0.3 is 12.1 Å². The fraction of sp³-hybridized carbons (Fsp3) is 0.444. The fourth-order valence-corrected chi connectivity index (χ4v) is 4.88. The second-order valence-corrected chi connectivity index (χ2v) is 9.20. The number of ketones is 1. The number of fused-ring (bicyclic) bond motifs is 1. The first kappa shape index (κ1) is 23.8. The molecule has 4 rings (SSSR count). The molecule has 0 radical (unpaired) electrons. The van der Waals surface area contributed by atoms with Crippen molar-refractivity contribution in [1.82, 2.24) is 10.2 Å². The topological polar surface area (TPSA) is 87.7 Å². The van der Waals surface area contributed by atoms with Gasteiger partial charge in [0.15, 0.2) is 5.78 Å². The van der Waals surface area contributed by atoms with Crippen molar-refractivity contribution in [3.05, 3.63) is 65.7 Å². The Hall–Kier alpha value is -3.35.